The fraction of sp³-hybridized carbons (Fsp3) is 0.571. The molecule has 0 aliphatic rings. The Hall–Kier alpha value is -1.98. The molecule has 0 bridgehead atoms. The van der Waals surface area contributed by atoms with E-state index in [4.69, 9.17) is 9.52 Å². The molecule has 0 saturated carbocycles. The van der Waals surface area contributed by atoms with Crippen LogP contribution in [0.5, 0.6) is 0 Å². The molecule has 6 heteroatoms. The lowest BCUT2D eigenvalue weighted by Crippen LogP contribution is -2.46. The number of carboxylic acids is 1. The lowest BCUT2D eigenvalue weighted by molar-refractivity contribution is -0.138. The highest BCUT2D eigenvalue weighted by Crippen LogP contribution is 2.12. The Morgan fingerprint density at radius 2 is 2.05 bits per heavy atom. The molecule has 1 heterocycles. The standard InChI is InChI=1S/C14H22N2O4/c1-5-16(10(2)8-13(17)18)14(19)15(4)9-12-7-6-11(3)20-12/h6-7,10H,5,8-9H2,1-4H3,(H,17,18). The number of amides is 2. The molecule has 1 rings (SSSR count). The van der Waals surface area contributed by atoms with Crippen LogP contribution >= 0.6 is 0 Å². The van der Waals surface area contributed by atoms with Crippen LogP contribution < -0.4 is 0 Å². The van der Waals surface area contributed by atoms with Gasteiger partial charge in [-0.05, 0) is 32.9 Å². The highest BCUT2D eigenvalue weighted by Gasteiger charge is 2.24. The predicted molar refractivity (Wildman–Crippen MR) is 74.4 cm³/mol. The van der Waals surface area contributed by atoms with Gasteiger partial charge in [0.25, 0.3) is 0 Å². The molecule has 0 spiro atoms. The second-order valence-corrected chi connectivity index (χ2v) is 4.88. The van der Waals surface area contributed by atoms with Gasteiger partial charge in [0.2, 0.25) is 0 Å². The van der Waals surface area contributed by atoms with Crippen molar-refractivity contribution in [2.75, 3.05) is 13.6 Å². The second-order valence-electron chi connectivity index (χ2n) is 4.88. The number of carboxylic acid groups (broad SMARTS) is 1. The minimum absolute atomic E-state index is 0.0622. The Morgan fingerprint density at radius 3 is 2.50 bits per heavy atom. The van der Waals surface area contributed by atoms with Crippen molar-refractivity contribution in [3.63, 3.8) is 0 Å². The van der Waals surface area contributed by atoms with Crippen molar-refractivity contribution in [2.45, 2.75) is 39.8 Å². The first-order valence-electron chi connectivity index (χ1n) is 6.64. The first kappa shape index (κ1) is 16.1. The summed E-state index contributed by atoms with van der Waals surface area (Å²) in [4.78, 5) is 26.1. The molecule has 1 atom stereocenters. The monoisotopic (exact) mass is 282 g/mol. The molecule has 112 valence electrons. The third-order valence-corrected chi connectivity index (χ3v) is 3.10. The molecule has 1 aromatic rings. The van der Waals surface area contributed by atoms with Gasteiger partial charge < -0.3 is 19.3 Å². The van der Waals surface area contributed by atoms with Gasteiger partial charge >= 0.3 is 12.0 Å². The highest BCUT2D eigenvalue weighted by molar-refractivity contribution is 5.75. The highest BCUT2D eigenvalue weighted by atomic mass is 16.4. The summed E-state index contributed by atoms with van der Waals surface area (Å²) in [6.07, 6.45) is -0.0622. The van der Waals surface area contributed by atoms with Gasteiger partial charge in [-0.2, -0.15) is 0 Å². The Labute approximate surface area is 119 Å². The van der Waals surface area contributed by atoms with Gasteiger partial charge in [0, 0.05) is 19.6 Å². The molecule has 0 fully saturated rings. The SMILES string of the molecule is CCN(C(=O)N(C)Cc1ccc(C)o1)C(C)CC(=O)O. The van der Waals surface area contributed by atoms with Crippen LogP contribution in [0.2, 0.25) is 0 Å². The number of carbonyl (C=O) groups is 2. The van der Waals surface area contributed by atoms with E-state index in [-0.39, 0.29) is 18.5 Å². The fourth-order valence-electron chi connectivity index (χ4n) is 2.09. The van der Waals surface area contributed by atoms with Crippen LogP contribution in [0.25, 0.3) is 0 Å². The maximum atomic E-state index is 12.3. The van der Waals surface area contributed by atoms with Crippen molar-refractivity contribution >= 4 is 12.0 Å². The molecular formula is C14H22N2O4. The Balaban J connectivity index is 2.67. The number of aliphatic carboxylic acids is 1. The summed E-state index contributed by atoms with van der Waals surface area (Å²) >= 11 is 0. The van der Waals surface area contributed by atoms with E-state index in [9.17, 15) is 9.59 Å². The average Bonchev–Trinajstić information content (AvgIpc) is 2.74. The number of carbonyl (C=O) groups excluding carboxylic acids is 1. The van der Waals surface area contributed by atoms with Crippen molar-refractivity contribution in [3.8, 4) is 0 Å². The van der Waals surface area contributed by atoms with Crippen LogP contribution in [0, 0.1) is 6.92 Å². The number of furan rings is 1. The molecule has 0 radical (unpaired) electrons. The fourth-order valence-corrected chi connectivity index (χ4v) is 2.09. The molecule has 1 N–H and O–H groups in total. The van der Waals surface area contributed by atoms with E-state index in [0.717, 1.165) is 5.76 Å². The number of nitrogens with zero attached hydrogens (tertiary/aromatic N) is 2. The topological polar surface area (TPSA) is 74.0 Å². The second kappa shape index (κ2) is 6.98. The van der Waals surface area contributed by atoms with Crippen molar-refractivity contribution in [1.82, 2.24) is 9.80 Å². The normalized spacial score (nSPS) is 12.0. The zero-order valence-corrected chi connectivity index (χ0v) is 12.4. The number of urea groups is 1. The van der Waals surface area contributed by atoms with E-state index in [1.807, 2.05) is 26.0 Å². The zero-order valence-electron chi connectivity index (χ0n) is 12.4. The van der Waals surface area contributed by atoms with Crippen molar-refractivity contribution in [1.29, 1.82) is 0 Å². The molecule has 0 aliphatic heterocycles. The largest absolute Gasteiger partial charge is 0.481 e. The van der Waals surface area contributed by atoms with Gasteiger partial charge in [0.15, 0.2) is 0 Å². The Morgan fingerprint density at radius 1 is 1.40 bits per heavy atom. The molecular weight excluding hydrogens is 260 g/mol. The van der Waals surface area contributed by atoms with Gasteiger partial charge in [-0.25, -0.2) is 4.79 Å². The first-order chi connectivity index (χ1) is 9.35. The minimum atomic E-state index is -0.909. The average molecular weight is 282 g/mol. The van der Waals surface area contributed by atoms with Gasteiger partial charge in [0.05, 0.1) is 13.0 Å². The van der Waals surface area contributed by atoms with Crippen LogP contribution in [0.4, 0.5) is 4.79 Å². The number of hydrogen-bond acceptors (Lipinski definition) is 3. The molecule has 6 nitrogen and oxygen atoms in total. The molecule has 1 aromatic heterocycles. The van der Waals surface area contributed by atoms with Gasteiger partial charge in [-0.15, -0.1) is 0 Å². The third kappa shape index (κ3) is 4.29. The van der Waals surface area contributed by atoms with Crippen LogP contribution in [0.1, 0.15) is 31.8 Å². The van der Waals surface area contributed by atoms with E-state index in [0.29, 0.717) is 18.8 Å². The van der Waals surface area contributed by atoms with Gasteiger partial charge in [-0.1, -0.05) is 0 Å². The summed E-state index contributed by atoms with van der Waals surface area (Å²) in [5, 5.41) is 8.82. The summed E-state index contributed by atoms with van der Waals surface area (Å²) in [6.45, 7) is 6.25. The lowest BCUT2D eigenvalue weighted by atomic mass is 10.2. The van der Waals surface area contributed by atoms with Crippen molar-refractivity contribution in [2.24, 2.45) is 0 Å². The van der Waals surface area contributed by atoms with E-state index in [2.05, 4.69) is 0 Å². The van der Waals surface area contributed by atoms with Crippen LogP contribution in [-0.4, -0.2) is 46.5 Å². The van der Waals surface area contributed by atoms with Crippen LogP contribution in [0.15, 0.2) is 16.5 Å². The molecule has 0 aliphatic carbocycles. The lowest BCUT2D eigenvalue weighted by Gasteiger charge is -2.31. The Kier molecular flexibility index (Phi) is 5.61. The van der Waals surface area contributed by atoms with Crippen molar-refractivity contribution < 1.29 is 19.1 Å². The summed E-state index contributed by atoms with van der Waals surface area (Å²) < 4.78 is 5.44. The van der Waals surface area contributed by atoms with Crippen LogP contribution in [0.3, 0.4) is 0 Å². The molecule has 1 unspecified atom stereocenters. The third-order valence-electron chi connectivity index (χ3n) is 3.10. The maximum Gasteiger partial charge on any atom is 0.320 e. The minimum Gasteiger partial charge on any atom is -0.481 e. The molecule has 0 aromatic carbocycles. The maximum absolute atomic E-state index is 12.3. The molecule has 20 heavy (non-hydrogen) atoms. The number of aryl methyl sites for hydroxylation is 1. The van der Waals surface area contributed by atoms with E-state index in [1.165, 1.54) is 4.90 Å². The first-order valence-corrected chi connectivity index (χ1v) is 6.64. The molecule has 0 saturated heterocycles. The van der Waals surface area contributed by atoms with Crippen LogP contribution in [-0.2, 0) is 11.3 Å². The van der Waals surface area contributed by atoms with Gasteiger partial charge in [-0.3, -0.25) is 4.79 Å². The Bertz CT molecular complexity index is 469. The van der Waals surface area contributed by atoms with E-state index >= 15 is 0 Å². The summed E-state index contributed by atoms with van der Waals surface area (Å²) in [5.41, 5.74) is 0. The summed E-state index contributed by atoms with van der Waals surface area (Å²) in [6, 6.07) is 3.13. The number of hydrogen-bond donors (Lipinski definition) is 1. The summed E-state index contributed by atoms with van der Waals surface area (Å²) in [7, 11) is 1.68. The van der Waals surface area contributed by atoms with Crippen molar-refractivity contribution in [3.05, 3.63) is 23.7 Å². The van der Waals surface area contributed by atoms with Gasteiger partial charge in [0.1, 0.15) is 11.5 Å². The smallest absolute Gasteiger partial charge is 0.320 e. The molecule has 2 amide bonds. The summed E-state index contributed by atoms with van der Waals surface area (Å²) in [5.74, 6) is 0.598. The van der Waals surface area contributed by atoms with E-state index in [1.54, 1.807) is 18.9 Å². The quantitative estimate of drug-likeness (QED) is 0.869. The van der Waals surface area contributed by atoms with E-state index < -0.39 is 5.97 Å². The zero-order chi connectivity index (χ0) is 15.3. The predicted octanol–water partition coefficient (Wildman–Crippen LogP) is 2.32. The number of rotatable bonds is 6.